The Hall–Kier alpha value is -1.69. The topological polar surface area (TPSA) is 60.3 Å². The van der Waals surface area contributed by atoms with Crippen LogP contribution in [0.4, 0.5) is 0 Å². The van der Waals surface area contributed by atoms with E-state index in [1.165, 1.54) is 6.33 Å². The van der Waals surface area contributed by atoms with Gasteiger partial charge in [-0.25, -0.2) is 4.98 Å². The highest BCUT2D eigenvalue weighted by Crippen LogP contribution is 2.00. The van der Waals surface area contributed by atoms with E-state index in [-0.39, 0.29) is 12.5 Å². The third kappa shape index (κ3) is 4.36. The summed E-state index contributed by atoms with van der Waals surface area (Å²) in [5.74, 6) is 0.563. The van der Waals surface area contributed by atoms with Crippen molar-refractivity contribution in [2.45, 2.75) is 13.5 Å². The summed E-state index contributed by atoms with van der Waals surface area (Å²) in [7, 11) is 1.82. The van der Waals surface area contributed by atoms with Gasteiger partial charge >= 0.3 is 5.97 Å². The first-order valence-electron chi connectivity index (χ1n) is 5.49. The monoisotopic (exact) mass is 238 g/mol. The lowest BCUT2D eigenvalue weighted by molar-refractivity contribution is -0.144. The van der Waals surface area contributed by atoms with Crippen molar-refractivity contribution >= 4 is 5.97 Å². The number of aromatic nitrogens is 3. The van der Waals surface area contributed by atoms with Gasteiger partial charge in [0.05, 0.1) is 19.7 Å². The Morgan fingerprint density at radius 3 is 3.00 bits per heavy atom. The van der Waals surface area contributed by atoms with E-state index >= 15 is 0 Å². The second-order valence-electron chi connectivity index (χ2n) is 3.56. The second kappa shape index (κ2) is 6.80. The highest BCUT2D eigenvalue weighted by atomic mass is 16.5. The molecule has 0 radical (unpaired) electrons. The van der Waals surface area contributed by atoms with E-state index in [1.54, 1.807) is 17.7 Å². The third-order valence-corrected chi connectivity index (χ3v) is 2.22. The van der Waals surface area contributed by atoms with Crippen LogP contribution in [0, 0.1) is 0 Å². The maximum absolute atomic E-state index is 11.4. The molecule has 0 saturated carbocycles. The van der Waals surface area contributed by atoms with Crippen LogP contribution < -0.4 is 0 Å². The summed E-state index contributed by atoms with van der Waals surface area (Å²) in [5, 5.41) is 3.98. The van der Waals surface area contributed by atoms with Crippen molar-refractivity contribution in [3.05, 3.63) is 24.8 Å². The Bertz CT molecular complexity index is 375. The molecule has 1 aromatic heterocycles. The van der Waals surface area contributed by atoms with E-state index in [0.29, 0.717) is 19.7 Å². The van der Waals surface area contributed by atoms with Crippen LogP contribution >= 0.6 is 0 Å². The molecule has 0 amide bonds. The zero-order valence-corrected chi connectivity index (χ0v) is 10.3. The Morgan fingerprint density at radius 1 is 1.71 bits per heavy atom. The molecule has 0 unspecified atom stereocenters. The van der Waals surface area contributed by atoms with Crippen molar-refractivity contribution in [1.82, 2.24) is 19.7 Å². The Morgan fingerprint density at radius 2 is 2.47 bits per heavy atom. The maximum atomic E-state index is 11.4. The van der Waals surface area contributed by atoms with Gasteiger partial charge in [0.1, 0.15) is 12.2 Å². The minimum Gasteiger partial charge on any atom is -0.465 e. The summed E-state index contributed by atoms with van der Waals surface area (Å²) in [6.07, 6.45) is 3.24. The van der Waals surface area contributed by atoms with E-state index in [0.717, 1.165) is 5.82 Å². The van der Waals surface area contributed by atoms with Crippen molar-refractivity contribution in [1.29, 1.82) is 0 Å². The normalized spacial score (nSPS) is 10.5. The molecule has 0 fully saturated rings. The molecule has 1 rings (SSSR count). The zero-order valence-electron chi connectivity index (χ0n) is 10.3. The number of hydrogen-bond acceptors (Lipinski definition) is 5. The van der Waals surface area contributed by atoms with Crippen LogP contribution in [0.15, 0.2) is 19.0 Å². The van der Waals surface area contributed by atoms with Crippen LogP contribution in [0.5, 0.6) is 0 Å². The number of aryl methyl sites for hydroxylation is 1. The fourth-order valence-corrected chi connectivity index (χ4v) is 1.42. The van der Waals surface area contributed by atoms with Crippen LogP contribution in [0.3, 0.4) is 0 Å². The van der Waals surface area contributed by atoms with Gasteiger partial charge in [-0.3, -0.25) is 14.4 Å². The van der Waals surface area contributed by atoms with Crippen LogP contribution in [0.25, 0.3) is 0 Å². The van der Waals surface area contributed by atoms with E-state index in [9.17, 15) is 4.79 Å². The van der Waals surface area contributed by atoms with Crippen molar-refractivity contribution in [3.8, 4) is 0 Å². The Kier molecular flexibility index (Phi) is 5.35. The average Bonchev–Trinajstić information content (AvgIpc) is 2.65. The van der Waals surface area contributed by atoms with Gasteiger partial charge in [-0.15, -0.1) is 6.58 Å². The van der Waals surface area contributed by atoms with Gasteiger partial charge in [0.2, 0.25) is 0 Å². The maximum Gasteiger partial charge on any atom is 0.320 e. The summed E-state index contributed by atoms with van der Waals surface area (Å²) >= 11 is 0. The molecule has 1 heterocycles. The number of ether oxygens (including phenoxy) is 1. The summed E-state index contributed by atoms with van der Waals surface area (Å²) in [4.78, 5) is 17.4. The molecule has 0 aromatic carbocycles. The number of esters is 1. The van der Waals surface area contributed by atoms with Gasteiger partial charge < -0.3 is 4.74 Å². The van der Waals surface area contributed by atoms with Crippen LogP contribution in [0.1, 0.15) is 12.7 Å². The molecule has 0 atom stereocenters. The minimum absolute atomic E-state index is 0.229. The second-order valence-corrected chi connectivity index (χ2v) is 3.56. The van der Waals surface area contributed by atoms with Crippen molar-refractivity contribution < 1.29 is 9.53 Å². The minimum atomic E-state index is -0.239. The molecule has 1 aromatic rings. The summed E-state index contributed by atoms with van der Waals surface area (Å²) < 4.78 is 6.59. The zero-order chi connectivity index (χ0) is 12.7. The molecule has 0 aliphatic carbocycles. The molecular weight excluding hydrogens is 220 g/mol. The van der Waals surface area contributed by atoms with Gasteiger partial charge in [-0.1, -0.05) is 6.08 Å². The largest absolute Gasteiger partial charge is 0.465 e. The predicted molar refractivity (Wildman–Crippen MR) is 63.1 cm³/mol. The van der Waals surface area contributed by atoms with Gasteiger partial charge in [-0.05, 0) is 6.92 Å². The number of rotatable bonds is 7. The fourth-order valence-electron chi connectivity index (χ4n) is 1.42. The fraction of sp³-hybridized carbons (Fsp3) is 0.545. The summed E-state index contributed by atoms with van der Waals surface area (Å²) in [5.41, 5.74) is 0. The molecule has 94 valence electrons. The first-order valence-corrected chi connectivity index (χ1v) is 5.49. The Labute approximate surface area is 101 Å². The first kappa shape index (κ1) is 13.4. The highest BCUT2D eigenvalue weighted by molar-refractivity contribution is 5.71. The molecule has 0 spiro atoms. The average molecular weight is 238 g/mol. The number of carbonyl (C=O) groups excluding carboxylic acids is 1. The lowest BCUT2D eigenvalue weighted by atomic mass is 10.4. The van der Waals surface area contributed by atoms with Crippen molar-refractivity contribution in [2.75, 3.05) is 19.7 Å². The molecule has 0 saturated heterocycles. The summed E-state index contributed by atoms with van der Waals surface area (Å²) in [6.45, 7) is 7.23. The molecule has 6 heteroatoms. The number of nitrogens with zero attached hydrogens (tertiary/aromatic N) is 4. The molecule has 0 aliphatic heterocycles. The third-order valence-electron chi connectivity index (χ3n) is 2.22. The lowest BCUT2D eigenvalue weighted by Crippen LogP contribution is -2.31. The quantitative estimate of drug-likeness (QED) is 0.507. The lowest BCUT2D eigenvalue weighted by Gasteiger charge is -2.18. The van der Waals surface area contributed by atoms with E-state index in [2.05, 4.69) is 16.7 Å². The van der Waals surface area contributed by atoms with Gasteiger partial charge in [0.15, 0.2) is 0 Å². The highest BCUT2D eigenvalue weighted by Gasteiger charge is 2.13. The van der Waals surface area contributed by atoms with Crippen LogP contribution in [0.2, 0.25) is 0 Å². The molecule has 6 nitrogen and oxygen atoms in total. The van der Waals surface area contributed by atoms with Gasteiger partial charge in [0.25, 0.3) is 0 Å². The Balaban J connectivity index is 2.57. The molecule has 0 bridgehead atoms. The van der Waals surface area contributed by atoms with Crippen LogP contribution in [-0.4, -0.2) is 45.3 Å². The smallest absolute Gasteiger partial charge is 0.320 e. The predicted octanol–water partition coefficient (Wildman–Crippen LogP) is 0.366. The van der Waals surface area contributed by atoms with E-state index < -0.39 is 0 Å². The molecular formula is C11H18N4O2. The van der Waals surface area contributed by atoms with E-state index in [4.69, 9.17) is 4.74 Å². The van der Waals surface area contributed by atoms with Crippen LogP contribution in [-0.2, 0) is 23.1 Å². The summed E-state index contributed by atoms with van der Waals surface area (Å²) in [6, 6.07) is 0. The molecule has 17 heavy (non-hydrogen) atoms. The first-order chi connectivity index (χ1) is 8.17. The molecule has 0 N–H and O–H groups in total. The van der Waals surface area contributed by atoms with E-state index in [1.807, 2.05) is 11.9 Å². The standard InChI is InChI=1S/C11H18N4O2/c1-4-6-15(8-11(16)17-5-2)7-10-12-9-13-14(10)3/h4,9H,1,5-8H2,2-3H3. The van der Waals surface area contributed by atoms with Crippen molar-refractivity contribution in [2.24, 2.45) is 7.05 Å². The van der Waals surface area contributed by atoms with Crippen molar-refractivity contribution in [3.63, 3.8) is 0 Å². The van der Waals surface area contributed by atoms with Gasteiger partial charge in [-0.2, -0.15) is 5.10 Å². The number of hydrogen-bond donors (Lipinski definition) is 0. The number of carbonyl (C=O) groups is 1. The van der Waals surface area contributed by atoms with Gasteiger partial charge in [0, 0.05) is 13.6 Å². The SMILES string of the molecule is C=CCN(CC(=O)OCC)Cc1ncnn1C. The molecule has 0 aliphatic rings.